The summed E-state index contributed by atoms with van der Waals surface area (Å²) in [6, 6.07) is 1.57. The van der Waals surface area contributed by atoms with E-state index in [1.165, 1.54) is 0 Å². The summed E-state index contributed by atoms with van der Waals surface area (Å²) in [5.41, 5.74) is 0.586. The number of Topliss-reactive ketones (excluding diaryl/α,β-unsaturated/α-hetero) is 1. The molecule has 2 N–H and O–H groups in total. The number of halogens is 5. The van der Waals surface area contributed by atoms with Crippen molar-refractivity contribution < 1.29 is 27.5 Å². The molecule has 0 aliphatic rings. The number of rotatable bonds is 3. The zero-order chi connectivity index (χ0) is 14.8. The highest BCUT2D eigenvalue weighted by molar-refractivity contribution is 6.41. The predicted molar refractivity (Wildman–Crippen MR) is 60.9 cm³/mol. The summed E-state index contributed by atoms with van der Waals surface area (Å²) in [7, 11) is 0. The van der Waals surface area contributed by atoms with Crippen molar-refractivity contribution in [2.24, 2.45) is 5.10 Å². The third kappa shape index (κ3) is 3.82. The number of anilines is 1. The van der Waals surface area contributed by atoms with Crippen LogP contribution in [0.1, 0.15) is 6.92 Å². The van der Waals surface area contributed by atoms with Gasteiger partial charge < -0.3 is 5.11 Å². The molecule has 0 aliphatic carbocycles. The number of hydrogen-bond acceptors (Lipinski definition) is 4. The van der Waals surface area contributed by atoms with E-state index in [1.54, 1.807) is 0 Å². The topological polar surface area (TPSA) is 61.7 Å². The molecular formula is C10H7ClF4N2O2. The Labute approximate surface area is 109 Å². The molecule has 0 unspecified atom stereocenters. The predicted octanol–water partition coefficient (Wildman–Crippen LogP) is 3.10. The monoisotopic (exact) mass is 298 g/mol. The van der Waals surface area contributed by atoms with E-state index in [0.717, 1.165) is 19.1 Å². The third-order valence-electron chi connectivity index (χ3n) is 1.97. The average Bonchev–Trinajstić information content (AvgIpc) is 2.29. The van der Waals surface area contributed by atoms with Crippen LogP contribution in [0.5, 0.6) is 5.75 Å². The number of carbonyl (C=O) groups is 1. The number of hydrazone groups is 1. The quantitative estimate of drug-likeness (QED) is 0.512. The molecule has 19 heavy (non-hydrogen) atoms. The first-order valence-corrected chi connectivity index (χ1v) is 5.10. The normalized spacial score (nSPS) is 12.4. The maximum absolute atomic E-state index is 13.3. The number of ketones is 1. The molecule has 9 heteroatoms. The minimum Gasteiger partial charge on any atom is -0.506 e. The highest BCUT2D eigenvalue weighted by Crippen LogP contribution is 2.29. The SMILES string of the molecule is C/C(=N/Nc1cc(O)c(Cl)cc1F)C(=O)C(F)(F)F. The van der Waals surface area contributed by atoms with Crippen LogP contribution >= 0.6 is 11.6 Å². The number of hydrogen-bond donors (Lipinski definition) is 2. The van der Waals surface area contributed by atoms with Gasteiger partial charge in [-0.3, -0.25) is 10.2 Å². The first-order chi connectivity index (χ1) is 8.62. The molecule has 1 aromatic rings. The van der Waals surface area contributed by atoms with Crippen LogP contribution < -0.4 is 5.43 Å². The molecule has 1 aromatic carbocycles. The Kier molecular flexibility index (Phi) is 4.35. The minimum atomic E-state index is -5.06. The van der Waals surface area contributed by atoms with Gasteiger partial charge >= 0.3 is 6.18 Å². The van der Waals surface area contributed by atoms with Crippen LogP contribution in [-0.2, 0) is 4.79 Å². The van der Waals surface area contributed by atoms with Gasteiger partial charge in [0.2, 0.25) is 0 Å². The second-order valence-corrected chi connectivity index (χ2v) is 3.83. The van der Waals surface area contributed by atoms with E-state index in [2.05, 4.69) is 5.10 Å². The van der Waals surface area contributed by atoms with Crippen molar-refractivity contribution in [2.45, 2.75) is 13.1 Å². The van der Waals surface area contributed by atoms with E-state index < -0.39 is 34.9 Å². The van der Waals surface area contributed by atoms with Gasteiger partial charge in [0.25, 0.3) is 5.78 Å². The number of benzene rings is 1. The molecule has 0 saturated carbocycles. The second kappa shape index (κ2) is 5.43. The summed E-state index contributed by atoms with van der Waals surface area (Å²) in [5, 5.41) is 12.0. The van der Waals surface area contributed by atoms with Crippen LogP contribution in [0.4, 0.5) is 23.2 Å². The first kappa shape index (κ1) is 15.2. The fraction of sp³-hybridized carbons (Fsp3) is 0.200. The average molecular weight is 299 g/mol. The largest absolute Gasteiger partial charge is 0.506 e. The molecule has 0 amide bonds. The van der Waals surface area contributed by atoms with Crippen molar-refractivity contribution in [2.75, 3.05) is 5.43 Å². The maximum atomic E-state index is 13.3. The van der Waals surface area contributed by atoms with Crippen molar-refractivity contribution >= 4 is 28.8 Å². The van der Waals surface area contributed by atoms with Gasteiger partial charge in [-0.1, -0.05) is 11.6 Å². The van der Waals surface area contributed by atoms with E-state index in [0.29, 0.717) is 0 Å². The second-order valence-electron chi connectivity index (χ2n) is 3.42. The molecule has 4 nitrogen and oxygen atoms in total. The van der Waals surface area contributed by atoms with Gasteiger partial charge in [0, 0.05) is 6.07 Å². The zero-order valence-electron chi connectivity index (χ0n) is 9.35. The molecular weight excluding hydrogens is 292 g/mol. The number of carbonyl (C=O) groups excluding carboxylic acids is 1. The summed E-state index contributed by atoms with van der Waals surface area (Å²) in [6.45, 7) is 0.816. The smallest absolute Gasteiger partial charge is 0.456 e. The third-order valence-corrected chi connectivity index (χ3v) is 2.27. The van der Waals surface area contributed by atoms with E-state index in [9.17, 15) is 27.5 Å². The van der Waals surface area contributed by atoms with Gasteiger partial charge in [-0.25, -0.2) is 4.39 Å². The Balaban J connectivity index is 2.93. The summed E-state index contributed by atoms with van der Waals surface area (Å²) < 4.78 is 49.4. The van der Waals surface area contributed by atoms with Gasteiger partial charge in [-0.15, -0.1) is 0 Å². The van der Waals surface area contributed by atoms with E-state index >= 15 is 0 Å². The molecule has 0 bridgehead atoms. The molecule has 0 spiro atoms. The van der Waals surface area contributed by atoms with E-state index in [-0.39, 0.29) is 5.02 Å². The number of phenolic OH excluding ortho intramolecular Hbond substituents is 1. The standard InChI is InChI=1S/C10H7ClF4N2O2/c1-4(9(19)10(13,14)15)16-17-7-3-8(18)5(11)2-6(7)12/h2-3,17-18H,1H3/b16-4-. The molecule has 0 aromatic heterocycles. The highest BCUT2D eigenvalue weighted by Gasteiger charge is 2.40. The number of alkyl halides is 3. The van der Waals surface area contributed by atoms with E-state index in [4.69, 9.17) is 11.6 Å². The Morgan fingerprint density at radius 1 is 1.42 bits per heavy atom. The molecule has 0 atom stereocenters. The van der Waals surface area contributed by atoms with Crippen molar-refractivity contribution in [1.82, 2.24) is 0 Å². The van der Waals surface area contributed by atoms with E-state index in [1.807, 2.05) is 5.43 Å². The van der Waals surface area contributed by atoms with Gasteiger partial charge in [0.05, 0.1) is 10.7 Å². The molecule has 0 aliphatic heterocycles. The van der Waals surface area contributed by atoms with Crippen molar-refractivity contribution in [3.63, 3.8) is 0 Å². The van der Waals surface area contributed by atoms with Crippen LogP contribution in [0.15, 0.2) is 17.2 Å². The summed E-state index contributed by atoms with van der Waals surface area (Å²) >= 11 is 5.40. The lowest BCUT2D eigenvalue weighted by Gasteiger charge is -2.07. The minimum absolute atomic E-state index is 0.268. The molecule has 0 radical (unpaired) electrons. The maximum Gasteiger partial charge on any atom is 0.456 e. The number of nitrogens with one attached hydrogen (secondary N) is 1. The molecule has 0 saturated heterocycles. The number of nitrogens with zero attached hydrogens (tertiary/aromatic N) is 1. The van der Waals surface area contributed by atoms with Crippen LogP contribution in [0, 0.1) is 5.82 Å². The molecule has 0 fully saturated rings. The molecule has 0 heterocycles. The molecule has 1 rings (SSSR count). The van der Waals surface area contributed by atoms with Crippen LogP contribution in [-0.4, -0.2) is 22.8 Å². The van der Waals surface area contributed by atoms with Crippen molar-refractivity contribution in [1.29, 1.82) is 0 Å². The Morgan fingerprint density at radius 2 is 2.00 bits per heavy atom. The van der Waals surface area contributed by atoms with Gasteiger partial charge in [0.1, 0.15) is 17.3 Å². The lowest BCUT2D eigenvalue weighted by molar-refractivity contribution is -0.163. The van der Waals surface area contributed by atoms with Crippen LogP contribution in [0.25, 0.3) is 0 Å². The highest BCUT2D eigenvalue weighted by atomic mass is 35.5. The van der Waals surface area contributed by atoms with Gasteiger partial charge in [-0.05, 0) is 13.0 Å². The van der Waals surface area contributed by atoms with Gasteiger partial charge in [0.15, 0.2) is 0 Å². The lowest BCUT2D eigenvalue weighted by atomic mass is 10.2. The van der Waals surface area contributed by atoms with Crippen molar-refractivity contribution in [3.05, 3.63) is 23.0 Å². The van der Waals surface area contributed by atoms with Crippen LogP contribution in [0.2, 0.25) is 5.02 Å². The Hall–Kier alpha value is -1.83. The fourth-order valence-electron chi connectivity index (χ4n) is 1.02. The Morgan fingerprint density at radius 3 is 2.53 bits per heavy atom. The number of aromatic hydroxyl groups is 1. The van der Waals surface area contributed by atoms with Gasteiger partial charge in [-0.2, -0.15) is 18.3 Å². The first-order valence-electron chi connectivity index (χ1n) is 4.72. The summed E-state index contributed by atoms with van der Waals surface area (Å²) in [5.74, 6) is -3.59. The lowest BCUT2D eigenvalue weighted by Crippen LogP contribution is -2.29. The summed E-state index contributed by atoms with van der Waals surface area (Å²) in [6.07, 6.45) is -5.06. The summed E-state index contributed by atoms with van der Waals surface area (Å²) in [4.78, 5) is 10.7. The van der Waals surface area contributed by atoms with Crippen molar-refractivity contribution in [3.8, 4) is 5.75 Å². The zero-order valence-corrected chi connectivity index (χ0v) is 10.1. The Bertz CT molecular complexity index is 543. The fourth-order valence-corrected chi connectivity index (χ4v) is 1.17. The number of phenols is 1. The van der Waals surface area contributed by atoms with Crippen LogP contribution in [0.3, 0.4) is 0 Å². The molecule has 104 valence electrons.